The summed E-state index contributed by atoms with van der Waals surface area (Å²) in [5.74, 6) is 1.10. The number of nitrogens with zero attached hydrogens (tertiary/aromatic N) is 1. The van der Waals surface area contributed by atoms with Crippen molar-refractivity contribution in [2.45, 2.75) is 39.0 Å². The standard InChI is InChI=1S/C15H22ClN3O/c1-2-17-13-9-8-12(16)14(19-13)15(20)18-10-11-6-4-3-5-7-11/h8-9,11H,2-7,10H2,1H3,(H,17,19)(H,18,20). The zero-order valence-corrected chi connectivity index (χ0v) is 12.7. The summed E-state index contributed by atoms with van der Waals surface area (Å²) in [5, 5.41) is 6.45. The summed E-state index contributed by atoms with van der Waals surface area (Å²) >= 11 is 6.06. The molecular formula is C15H22ClN3O. The first-order chi connectivity index (χ1) is 9.70. The number of nitrogens with one attached hydrogen (secondary N) is 2. The molecule has 1 saturated carbocycles. The van der Waals surface area contributed by atoms with Crippen LogP contribution in [0.4, 0.5) is 5.82 Å². The molecule has 1 fully saturated rings. The highest BCUT2D eigenvalue weighted by Gasteiger charge is 2.17. The second kappa shape index (κ2) is 7.48. The number of halogens is 1. The topological polar surface area (TPSA) is 54.0 Å². The van der Waals surface area contributed by atoms with E-state index < -0.39 is 0 Å². The molecule has 0 unspecified atom stereocenters. The van der Waals surface area contributed by atoms with Crippen LogP contribution < -0.4 is 10.6 Å². The number of hydrogen-bond acceptors (Lipinski definition) is 3. The lowest BCUT2D eigenvalue weighted by Gasteiger charge is -2.21. The number of carbonyl (C=O) groups is 1. The number of hydrogen-bond donors (Lipinski definition) is 2. The van der Waals surface area contributed by atoms with Crippen molar-refractivity contribution in [1.29, 1.82) is 0 Å². The van der Waals surface area contributed by atoms with Gasteiger partial charge in [0, 0.05) is 13.1 Å². The van der Waals surface area contributed by atoms with E-state index in [1.54, 1.807) is 12.1 Å². The molecule has 2 rings (SSSR count). The fourth-order valence-electron chi connectivity index (χ4n) is 2.59. The van der Waals surface area contributed by atoms with Crippen molar-refractivity contribution >= 4 is 23.3 Å². The van der Waals surface area contributed by atoms with Crippen LogP contribution in [-0.4, -0.2) is 24.0 Å². The maximum atomic E-state index is 12.2. The average molecular weight is 296 g/mol. The quantitative estimate of drug-likeness (QED) is 0.874. The Hall–Kier alpha value is -1.29. The lowest BCUT2D eigenvalue weighted by Crippen LogP contribution is -2.31. The molecule has 1 amide bonds. The monoisotopic (exact) mass is 295 g/mol. The van der Waals surface area contributed by atoms with E-state index in [9.17, 15) is 4.79 Å². The fraction of sp³-hybridized carbons (Fsp3) is 0.600. The highest BCUT2D eigenvalue weighted by molar-refractivity contribution is 6.33. The van der Waals surface area contributed by atoms with E-state index in [0.717, 1.165) is 13.1 Å². The predicted octanol–water partition coefficient (Wildman–Crippen LogP) is 3.48. The molecule has 1 aliphatic carbocycles. The van der Waals surface area contributed by atoms with Gasteiger partial charge in [0.05, 0.1) is 5.02 Å². The second-order valence-corrected chi connectivity index (χ2v) is 5.68. The third-order valence-electron chi connectivity index (χ3n) is 3.70. The Balaban J connectivity index is 1.95. The van der Waals surface area contributed by atoms with Gasteiger partial charge in [0.15, 0.2) is 0 Å². The third kappa shape index (κ3) is 4.10. The van der Waals surface area contributed by atoms with Crippen molar-refractivity contribution < 1.29 is 4.79 Å². The van der Waals surface area contributed by atoms with Gasteiger partial charge in [0.2, 0.25) is 0 Å². The molecular weight excluding hydrogens is 274 g/mol. The molecule has 5 heteroatoms. The largest absolute Gasteiger partial charge is 0.370 e. The summed E-state index contributed by atoms with van der Waals surface area (Å²) in [5.41, 5.74) is 0.306. The zero-order chi connectivity index (χ0) is 14.4. The van der Waals surface area contributed by atoms with Crippen LogP contribution in [0.3, 0.4) is 0 Å². The first-order valence-electron chi connectivity index (χ1n) is 7.39. The van der Waals surface area contributed by atoms with Crippen molar-refractivity contribution in [3.05, 3.63) is 22.8 Å². The normalized spacial score (nSPS) is 15.9. The minimum Gasteiger partial charge on any atom is -0.370 e. The van der Waals surface area contributed by atoms with Gasteiger partial charge in [-0.2, -0.15) is 0 Å². The zero-order valence-electron chi connectivity index (χ0n) is 11.9. The number of rotatable bonds is 5. The SMILES string of the molecule is CCNc1ccc(Cl)c(C(=O)NCC2CCCCC2)n1. The first kappa shape index (κ1) is 15.1. The van der Waals surface area contributed by atoms with Crippen molar-refractivity contribution in [3.8, 4) is 0 Å². The molecule has 1 aromatic heterocycles. The van der Waals surface area contributed by atoms with E-state index in [4.69, 9.17) is 11.6 Å². The lowest BCUT2D eigenvalue weighted by molar-refractivity contribution is 0.0939. The van der Waals surface area contributed by atoms with Gasteiger partial charge in [-0.25, -0.2) is 4.98 Å². The van der Waals surface area contributed by atoms with Crippen LogP contribution >= 0.6 is 11.6 Å². The Morgan fingerprint density at radius 1 is 1.35 bits per heavy atom. The van der Waals surface area contributed by atoms with Gasteiger partial charge in [-0.3, -0.25) is 4.79 Å². The smallest absolute Gasteiger partial charge is 0.271 e. The maximum absolute atomic E-state index is 12.2. The van der Waals surface area contributed by atoms with Crippen molar-refractivity contribution in [2.75, 3.05) is 18.4 Å². The maximum Gasteiger partial charge on any atom is 0.271 e. The Bertz CT molecular complexity index is 458. The summed E-state index contributed by atoms with van der Waals surface area (Å²) in [7, 11) is 0. The van der Waals surface area contributed by atoms with Crippen LogP contribution in [0.1, 0.15) is 49.5 Å². The van der Waals surface area contributed by atoms with E-state index in [1.807, 2.05) is 6.92 Å². The Kier molecular flexibility index (Phi) is 5.65. The van der Waals surface area contributed by atoms with Gasteiger partial charge >= 0.3 is 0 Å². The number of aromatic nitrogens is 1. The molecule has 0 radical (unpaired) electrons. The summed E-state index contributed by atoms with van der Waals surface area (Å²) in [6, 6.07) is 3.49. The molecule has 0 bridgehead atoms. The molecule has 20 heavy (non-hydrogen) atoms. The van der Waals surface area contributed by atoms with Crippen molar-refractivity contribution in [2.24, 2.45) is 5.92 Å². The Labute approximate surface area is 125 Å². The third-order valence-corrected chi connectivity index (χ3v) is 4.00. The van der Waals surface area contributed by atoms with Gasteiger partial charge in [-0.05, 0) is 37.8 Å². The summed E-state index contributed by atoms with van der Waals surface area (Å²) in [4.78, 5) is 16.4. The number of anilines is 1. The van der Waals surface area contributed by atoms with Gasteiger partial charge < -0.3 is 10.6 Å². The minimum atomic E-state index is -0.180. The fourth-order valence-corrected chi connectivity index (χ4v) is 2.78. The van der Waals surface area contributed by atoms with Crippen LogP contribution in [-0.2, 0) is 0 Å². The molecule has 110 valence electrons. The van der Waals surface area contributed by atoms with Gasteiger partial charge in [-0.15, -0.1) is 0 Å². The summed E-state index contributed by atoms with van der Waals surface area (Å²) in [6.45, 7) is 3.47. The molecule has 1 heterocycles. The molecule has 0 aliphatic heterocycles. The highest BCUT2D eigenvalue weighted by Crippen LogP contribution is 2.23. The van der Waals surface area contributed by atoms with Gasteiger partial charge in [0.25, 0.3) is 5.91 Å². The van der Waals surface area contributed by atoms with Gasteiger partial charge in [0.1, 0.15) is 11.5 Å². The van der Waals surface area contributed by atoms with Crippen molar-refractivity contribution in [1.82, 2.24) is 10.3 Å². The average Bonchev–Trinajstić information content (AvgIpc) is 2.48. The molecule has 0 spiro atoms. The predicted molar refractivity (Wildman–Crippen MR) is 82.3 cm³/mol. The molecule has 1 aromatic rings. The molecule has 0 atom stereocenters. The van der Waals surface area contributed by atoms with E-state index in [0.29, 0.717) is 22.5 Å². The summed E-state index contributed by atoms with van der Waals surface area (Å²) < 4.78 is 0. The molecule has 2 N–H and O–H groups in total. The Morgan fingerprint density at radius 3 is 2.80 bits per heavy atom. The van der Waals surface area contributed by atoms with Crippen molar-refractivity contribution in [3.63, 3.8) is 0 Å². The van der Waals surface area contributed by atoms with Gasteiger partial charge in [-0.1, -0.05) is 30.9 Å². The van der Waals surface area contributed by atoms with Crippen LogP contribution in [0, 0.1) is 5.92 Å². The van der Waals surface area contributed by atoms with Crippen LogP contribution in [0.5, 0.6) is 0 Å². The molecule has 4 nitrogen and oxygen atoms in total. The van der Waals surface area contributed by atoms with E-state index >= 15 is 0 Å². The summed E-state index contributed by atoms with van der Waals surface area (Å²) in [6.07, 6.45) is 6.28. The van der Waals surface area contributed by atoms with E-state index in [-0.39, 0.29) is 5.91 Å². The van der Waals surface area contributed by atoms with E-state index in [2.05, 4.69) is 15.6 Å². The lowest BCUT2D eigenvalue weighted by atomic mass is 9.89. The number of amides is 1. The van der Waals surface area contributed by atoms with Crippen LogP contribution in [0.15, 0.2) is 12.1 Å². The second-order valence-electron chi connectivity index (χ2n) is 5.27. The van der Waals surface area contributed by atoms with E-state index in [1.165, 1.54) is 32.1 Å². The number of carbonyl (C=O) groups excluding carboxylic acids is 1. The van der Waals surface area contributed by atoms with Crippen LogP contribution in [0.25, 0.3) is 0 Å². The molecule has 1 aliphatic rings. The Morgan fingerprint density at radius 2 is 2.10 bits per heavy atom. The number of pyridine rings is 1. The highest BCUT2D eigenvalue weighted by atomic mass is 35.5. The molecule has 0 saturated heterocycles. The van der Waals surface area contributed by atoms with Crippen LogP contribution in [0.2, 0.25) is 5.02 Å². The molecule has 0 aromatic carbocycles. The first-order valence-corrected chi connectivity index (χ1v) is 7.77. The minimum absolute atomic E-state index is 0.180.